The average Bonchev–Trinajstić information content (AvgIpc) is 2.28. The molecule has 0 atom stereocenters. The summed E-state index contributed by atoms with van der Waals surface area (Å²) in [5.41, 5.74) is 7.45. The van der Waals surface area contributed by atoms with Gasteiger partial charge in [0.2, 0.25) is 0 Å². The largest absolute Gasteiger partial charge is 0.492 e. The third kappa shape index (κ3) is 2.99. The topological polar surface area (TPSA) is 35.2 Å². The third-order valence-corrected chi connectivity index (χ3v) is 3.37. The van der Waals surface area contributed by atoms with E-state index >= 15 is 0 Å². The van der Waals surface area contributed by atoms with Crippen LogP contribution in [0.25, 0.3) is 0 Å². The van der Waals surface area contributed by atoms with Gasteiger partial charge in [0.25, 0.3) is 0 Å². The Morgan fingerprint density at radius 2 is 2.00 bits per heavy atom. The first-order valence-corrected chi connectivity index (χ1v) is 6.16. The zero-order valence-corrected chi connectivity index (χ0v) is 10.0. The molecule has 0 radical (unpaired) electrons. The monoisotopic (exact) mass is 219 g/mol. The van der Waals surface area contributed by atoms with Gasteiger partial charge in [-0.2, -0.15) is 0 Å². The molecule has 2 N–H and O–H groups in total. The molecule has 2 nitrogen and oxygen atoms in total. The van der Waals surface area contributed by atoms with E-state index in [1.54, 1.807) is 0 Å². The van der Waals surface area contributed by atoms with Gasteiger partial charge in [-0.1, -0.05) is 31.4 Å². The smallest absolute Gasteiger partial charge is 0.119 e. The maximum absolute atomic E-state index is 6.32. The molecule has 0 amide bonds. The third-order valence-electron chi connectivity index (χ3n) is 3.37. The highest BCUT2D eigenvalue weighted by molar-refractivity contribution is 5.27. The average molecular weight is 219 g/mol. The summed E-state index contributed by atoms with van der Waals surface area (Å²) in [5, 5.41) is 0. The molecule has 1 fully saturated rings. The molecule has 0 unspecified atom stereocenters. The standard InChI is InChI=1S/C14H21NO/c1-12-6-5-7-13(10-12)16-11-14(15)8-3-2-4-9-14/h5-7,10H,2-4,8-9,11,15H2,1H3. The Labute approximate surface area is 97.8 Å². The van der Waals surface area contributed by atoms with Crippen LogP contribution in [0.5, 0.6) is 5.75 Å². The number of hydrogen-bond donors (Lipinski definition) is 1. The second-order valence-electron chi connectivity index (χ2n) is 5.03. The van der Waals surface area contributed by atoms with Crippen LogP contribution in [-0.2, 0) is 0 Å². The fourth-order valence-corrected chi connectivity index (χ4v) is 2.33. The lowest BCUT2D eigenvalue weighted by atomic mass is 9.83. The van der Waals surface area contributed by atoms with Crippen LogP contribution in [0.15, 0.2) is 24.3 Å². The molecule has 0 saturated heterocycles. The quantitative estimate of drug-likeness (QED) is 0.848. The number of ether oxygens (including phenoxy) is 1. The molecule has 88 valence electrons. The molecular formula is C14H21NO. The SMILES string of the molecule is Cc1cccc(OCC2(N)CCCCC2)c1. The Morgan fingerprint density at radius 1 is 1.25 bits per heavy atom. The maximum atomic E-state index is 6.32. The van der Waals surface area contributed by atoms with Gasteiger partial charge in [-0.3, -0.25) is 0 Å². The van der Waals surface area contributed by atoms with Gasteiger partial charge in [-0.15, -0.1) is 0 Å². The fourth-order valence-electron chi connectivity index (χ4n) is 2.33. The number of hydrogen-bond acceptors (Lipinski definition) is 2. The van der Waals surface area contributed by atoms with Crippen LogP contribution in [0.2, 0.25) is 0 Å². The molecule has 1 aromatic carbocycles. The molecule has 1 aliphatic rings. The summed E-state index contributed by atoms with van der Waals surface area (Å²) >= 11 is 0. The molecular weight excluding hydrogens is 198 g/mol. The number of rotatable bonds is 3. The van der Waals surface area contributed by atoms with Crippen molar-refractivity contribution >= 4 is 0 Å². The minimum atomic E-state index is -0.0952. The molecule has 1 aliphatic carbocycles. The van der Waals surface area contributed by atoms with E-state index in [4.69, 9.17) is 10.5 Å². The van der Waals surface area contributed by atoms with Crippen molar-refractivity contribution < 1.29 is 4.74 Å². The van der Waals surface area contributed by atoms with Crippen LogP contribution in [-0.4, -0.2) is 12.1 Å². The summed E-state index contributed by atoms with van der Waals surface area (Å²) in [6, 6.07) is 8.16. The van der Waals surface area contributed by atoms with E-state index in [0.29, 0.717) is 6.61 Å². The highest BCUT2D eigenvalue weighted by atomic mass is 16.5. The van der Waals surface area contributed by atoms with Crippen molar-refractivity contribution in [2.45, 2.75) is 44.6 Å². The van der Waals surface area contributed by atoms with E-state index in [9.17, 15) is 0 Å². The van der Waals surface area contributed by atoms with Crippen LogP contribution < -0.4 is 10.5 Å². The minimum Gasteiger partial charge on any atom is -0.492 e. The van der Waals surface area contributed by atoms with Crippen LogP contribution in [0, 0.1) is 6.92 Å². The van der Waals surface area contributed by atoms with E-state index in [0.717, 1.165) is 18.6 Å². The summed E-state index contributed by atoms with van der Waals surface area (Å²) < 4.78 is 5.80. The van der Waals surface area contributed by atoms with Gasteiger partial charge in [0.15, 0.2) is 0 Å². The molecule has 1 saturated carbocycles. The van der Waals surface area contributed by atoms with Crippen LogP contribution in [0.3, 0.4) is 0 Å². The molecule has 0 spiro atoms. The highest BCUT2D eigenvalue weighted by Gasteiger charge is 2.28. The van der Waals surface area contributed by atoms with Gasteiger partial charge in [0.05, 0.1) is 5.54 Å². The fraction of sp³-hybridized carbons (Fsp3) is 0.571. The van der Waals surface area contributed by atoms with Gasteiger partial charge in [0.1, 0.15) is 12.4 Å². The van der Waals surface area contributed by atoms with Gasteiger partial charge in [-0.25, -0.2) is 0 Å². The van der Waals surface area contributed by atoms with E-state index in [-0.39, 0.29) is 5.54 Å². The second-order valence-corrected chi connectivity index (χ2v) is 5.03. The normalized spacial score (nSPS) is 19.4. The van der Waals surface area contributed by atoms with Crippen molar-refractivity contribution in [3.8, 4) is 5.75 Å². The molecule has 2 heteroatoms. The first kappa shape index (κ1) is 11.5. The summed E-state index contributed by atoms with van der Waals surface area (Å²) in [5.74, 6) is 0.940. The lowest BCUT2D eigenvalue weighted by Crippen LogP contribution is -2.47. The Morgan fingerprint density at radius 3 is 2.69 bits per heavy atom. The molecule has 0 aromatic heterocycles. The van der Waals surface area contributed by atoms with Crippen LogP contribution >= 0.6 is 0 Å². The molecule has 1 aromatic rings. The lowest BCUT2D eigenvalue weighted by molar-refractivity contribution is 0.173. The van der Waals surface area contributed by atoms with Gasteiger partial charge in [0, 0.05) is 0 Å². The highest BCUT2D eigenvalue weighted by Crippen LogP contribution is 2.26. The second kappa shape index (κ2) is 4.88. The summed E-state index contributed by atoms with van der Waals surface area (Å²) in [6.07, 6.45) is 6.00. The van der Waals surface area contributed by atoms with Crippen molar-refractivity contribution in [3.05, 3.63) is 29.8 Å². The molecule has 2 rings (SSSR count). The summed E-state index contributed by atoms with van der Waals surface area (Å²) in [6.45, 7) is 2.72. The van der Waals surface area contributed by atoms with Crippen LogP contribution in [0.1, 0.15) is 37.7 Å². The molecule has 0 aliphatic heterocycles. The van der Waals surface area contributed by atoms with Crippen molar-refractivity contribution in [1.29, 1.82) is 0 Å². The number of aryl methyl sites for hydroxylation is 1. The molecule has 0 bridgehead atoms. The van der Waals surface area contributed by atoms with Gasteiger partial charge in [-0.05, 0) is 37.5 Å². The Bertz CT molecular complexity index is 342. The minimum absolute atomic E-state index is 0.0952. The maximum Gasteiger partial charge on any atom is 0.119 e. The molecule has 16 heavy (non-hydrogen) atoms. The Kier molecular flexibility index (Phi) is 3.49. The van der Waals surface area contributed by atoms with Gasteiger partial charge < -0.3 is 10.5 Å². The van der Waals surface area contributed by atoms with E-state index in [2.05, 4.69) is 19.1 Å². The predicted molar refractivity (Wildman–Crippen MR) is 66.7 cm³/mol. The predicted octanol–water partition coefficient (Wildman–Crippen LogP) is 3.04. The van der Waals surface area contributed by atoms with Gasteiger partial charge >= 0.3 is 0 Å². The number of nitrogens with two attached hydrogens (primary N) is 1. The first-order chi connectivity index (χ1) is 7.68. The van der Waals surface area contributed by atoms with Crippen molar-refractivity contribution in [2.75, 3.05) is 6.61 Å². The number of benzene rings is 1. The Hall–Kier alpha value is -1.02. The van der Waals surface area contributed by atoms with Crippen molar-refractivity contribution in [2.24, 2.45) is 5.73 Å². The first-order valence-electron chi connectivity index (χ1n) is 6.16. The van der Waals surface area contributed by atoms with Crippen LogP contribution in [0.4, 0.5) is 0 Å². The van der Waals surface area contributed by atoms with E-state index in [1.807, 2.05) is 12.1 Å². The molecule has 0 heterocycles. The lowest BCUT2D eigenvalue weighted by Gasteiger charge is -2.33. The van der Waals surface area contributed by atoms with Crippen molar-refractivity contribution in [1.82, 2.24) is 0 Å². The van der Waals surface area contributed by atoms with Crippen molar-refractivity contribution in [3.63, 3.8) is 0 Å². The van der Waals surface area contributed by atoms with E-state index in [1.165, 1.54) is 24.8 Å². The summed E-state index contributed by atoms with van der Waals surface area (Å²) in [7, 11) is 0. The zero-order valence-electron chi connectivity index (χ0n) is 10.0. The Balaban J connectivity index is 1.91. The summed E-state index contributed by atoms with van der Waals surface area (Å²) in [4.78, 5) is 0. The zero-order chi connectivity index (χ0) is 11.4. The van der Waals surface area contributed by atoms with E-state index < -0.39 is 0 Å².